The lowest BCUT2D eigenvalue weighted by molar-refractivity contribution is -0.134. The molecule has 26 heavy (non-hydrogen) atoms. The Labute approximate surface area is 155 Å². The topological polar surface area (TPSA) is 53.1 Å². The average molecular weight is 359 g/mol. The van der Waals surface area contributed by atoms with Crippen LogP contribution in [0, 0.1) is 5.92 Å². The molecule has 0 aliphatic carbocycles. The maximum Gasteiger partial charge on any atom is 0.253 e. The molecule has 1 atom stereocenters. The molecule has 0 aromatic heterocycles. The van der Waals surface area contributed by atoms with Crippen LogP contribution in [0.4, 0.5) is 0 Å². The van der Waals surface area contributed by atoms with E-state index in [2.05, 4.69) is 11.8 Å². The highest BCUT2D eigenvalue weighted by Crippen LogP contribution is 2.17. The molecule has 0 saturated carbocycles. The number of ether oxygens (including phenoxy) is 1. The van der Waals surface area contributed by atoms with E-state index in [1.165, 1.54) is 6.42 Å². The van der Waals surface area contributed by atoms with Crippen molar-refractivity contribution < 1.29 is 14.3 Å². The minimum Gasteiger partial charge on any atom is -0.497 e. The van der Waals surface area contributed by atoms with Crippen molar-refractivity contribution in [3.63, 3.8) is 0 Å². The van der Waals surface area contributed by atoms with E-state index in [9.17, 15) is 9.59 Å². The van der Waals surface area contributed by atoms with Gasteiger partial charge in [0.2, 0.25) is 5.91 Å². The zero-order valence-corrected chi connectivity index (χ0v) is 15.8. The summed E-state index contributed by atoms with van der Waals surface area (Å²) in [7, 11) is 1.61. The van der Waals surface area contributed by atoms with Crippen LogP contribution in [-0.2, 0) is 4.79 Å². The van der Waals surface area contributed by atoms with E-state index in [0.29, 0.717) is 31.1 Å². The third-order valence-electron chi connectivity index (χ3n) is 5.37. The largest absolute Gasteiger partial charge is 0.497 e. The van der Waals surface area contributed by atoms with Gasteiger partial charge in [0.05, 0.1) is 13.7 Å². The molecule has 3 rings (SSSR count). The Morgan fingerprint density at radius 1 is 1.04 bits per heavy atom. The number of carbonyl (C=O) groups excluding carboxylic acids is 2. The summed E-state index contributed by atoms with van der Waals surface area (Å²) < 4.78 is 5.13. The lowest BCUT2D eigenvalue weighted by atomic mass is 10.0. The normalized spacial score (nSPS) is 21.5. The highest BCUT2D eigenvalue weighted by atomic mass is 16.5. The molecule has 2 saturated heterocycles. The van der Waals surface area contributed by atoms with E-state index >= 15 is 0 Å². The monoisotopic (exact) mass is 359 g/mol. The summed E-state index contributed by atoms with van der Waals surface area (Å²) in [4.78, 5) is 31.1. The Morgan fingerprint density at radius 2 is 1.73 bits per heavy atom. The number of rotatable bonds is 4. The van der Waals surface area contributed by atoms with Crippen LogP contribution in [0.5, 0.6) is 5.75 Å². The summed E-state index contributed by atoms with van der Waals surface area (Å²) >= 11 is 0. The average Bonchev–Trinajstić information content (AvgIpc) is 2.68. The molecule has 2 fully saturated rings. The van der Waals surface area contributed by atoms with Crippen LogP contribution in [0.25, 0.3) is 0 Å². The van der Waals surface area contributed by atoms with Gasteiger partial charge >= 0.3 is 0 Å². The van der Waals surface area contributed by atoms with Gasteiger partial charge in [-0.3, -0.25) is 14.5 Å². The summed E-state index contributed by atoms with van der Waals surface area (Å²) in [6, 6.07) is 7.21. The number of hydrogen-bond acceptors (Lipinski definition) is 4. The van der Waals surface area contributed by atoms with Gasteiger partial charge in [-0.15, -0.1) is 0 Å². The highest BCUT2D eigenvalue weighted by Gasteiger charge is 2.26. The van der Waals surface area contributed by atoms with E-state index in [0.717, 1.165) is 38.3 Å². The standard InChI is InChI=1S/C20H29N3O3/c1-16-4-3-9-23(14-16)19(24)15-21-10-12-22(13-11-21)20(25)17-5-7-18(26-2)8-6-17/h5-8,16H,3-4,9-15H2,1-2H3. The summed E-state index contributed by atoms with van der Waals surface area (Å²) in [5, 5.41) is 0. The van der Waals surface area contributed by atoms with Crippen LogP contribution in [0.15, 0.2) is 24.3 Å². The summed E-state index contributed by atoms with van der Waals surface area (Å²) in [5.41, 5.74) is 0.678. The molecule has 2 heterocycles. The van der Waals surface area contributed by atoms with Crippen molar-refractivity contribution in [2.24, 2.45) is 5.92 Å². The van der Waals surface area contributed by atoms with E-state index in [1.54, 1.807) is 19.2 Å². The number of likely N-dealkylation sites (tertiary alicyclic amines) is 1. The third kappa shape index (κ3) is 4.55. The predicted octanol–water partition coefficient (Wildman–Crippen LogP) is 1.71. The van der Waals surface area contributed by atoms with Crippen molar-refractivity contribution in [1.29, 1.82) is 0 Å². The van der Waals surface area contributed by atoms with Gasteiger partial charge in [0.25, 0.3) is 5.91 Å². The molecular formula is C20H29N3O3. The van der Waals surface area contributed by atoms with Crippen molar-refractivity contribution in [2.45, 2.75) is 19.8 Å². The number of benzene rings is 1. The Hall–Kier alpha value is -2.08. The Balaban J connectivity index is 1.47. The SMILES string of the molecule is COc1ccc(C(=O)N2CCN(CC(=O)N3CCCC(C)C3)CC2)cc1. The predicted molar refractivity (Wildman–Crippen MR) is 100 cm³/mol. The van der Waals surface area contributed by atoms with Crippen LogP contribution < -0.4 is 4.74 Å². The second kappa shape index (κ2) is 8.54. The minimum absolute atomic E-state index is 0.0449. The molecule has 2 amide bonds. The zero-order chi connectivity index (χ0) is 18.5. The van der Waals surface area contributed by atoms with Gasteiger partial charge in [0.15, 0.2) is 0 Å². The first-order valence-electron chi connectivity index (χ1n) is 9.50. The van der Waals surface area contributed by atoms with E-state index in [-0.39, 0.29) is 11.8 Å². The van der Waals surface area contributed by atoms with E-state index in [4.69, 9.17) is 4.74 Å². The lowest BCUT2D eigenvalue weighted by Gasteiger charge is -2.37. The number of piperidine rings is 1. The number of methoxy groups -OCH3 is 1. The lowest BCUT2D eigenvalue weighted by Crippen LogP contribution is -2.52. The summed E-state index contributed by atoms with van der Waals surface area (Å²) in [6.45, 7) is 7.27. The van der Waals surface area contributed by atoms with Crippen molar-refractivity contribution in [3.8, 4) is 5.75 Å². The summed E-state index contributed by atoms with van der Waals surface area (Å²) in [6.07, 6.45) is 2.33. The second-order valence-corrected chi connectivity index (χ2v) is 7.38. The van der Waals surface area contributed by atoms with Crippen molar-refractivity contribution in [2.75, 3.05) is 52.9 Å². The minimum atomic E-state index is 0.0449. The van der Waals surface area contributed by atoms with Crippen LogP contribution >= 0.6 is 0 Å². The maximum atomic E-state index is 12.6. The van der Waals surface area contributed by atoms with Gasteiger partial charge in [-0.05, 0) is 43.0 Å². The maximum absolute atomic E-state index is 12.6. The number of piperazine rings is 1. The first-order chi connectivity index (χ1) is 12.6. The summed E-state index contributed by atoms with van der Waals surface area (Å²) in [5.74, 6) is 1.62. The number of amides is 2. The fourth-order valence-electron chi connectivity index (χ4n) is 3.73. The number of nitrogens with zero attached hydrogens (tertiary/aromatic N) is 3. The molecule has 0 spiro atoms. The zero-order valence-electron chi connectivity index (χ0n) is 15.8. The fourth-order valence-corrected chi connectivity index (χ4v) is 3.73. The molecular weight excluding hydrogens is 330 g/mol. The van der Waals surface area contributed by atoms with Gasteiger partial charge < -0.3 is 14.5 Å². The van der Waals surface area contributed by atoms with Crippen LogP contribution in [-0.4, -0.2) is 79.4 Å². The smallest absolute Gasteiger partial charge is 0.253 e. The third-order valence-corrected chi connectivity index (χ3v) is 5.37. The molecule has 0 radical (unpaired) electrons. The highest BCUT2D eigenvalue weighted by molar-refractivity contribution is 5.94. The molecule has 0 bridgehead atoms. The molecule has 142 valence electrons. The van der Waals surface area contributed by atoms with Crippen molar-refractivity contribution in [1.82, 2.24) is 14.7 Å². The van der Waals surface area contributed by atoms with Gasteiger partial charge in [-0.1, -0.05) is 6.92 Å². The van der Waals surface area contributed by atoms with Gasteiger partial charge in [0.1, 0.15) is 5.75 Å². The Bertz CT molecular complexity index is 624. The first kappa shape index (κ1) is 18.7. The van der Waals surface area contributed by atoms with Gasteiger partial charge in [-0.2, -0.15) is 0 Å². The molecule has 2 aliphatic rings. The number of carbonyl (C=O) groups is 2. The van der Waals surface area contributed by atoms with Crippen molar-refractivity contribution in [3.05, 3.63) is 29.8 Å². The van der Waals surface area contributed by atoms with Crippen LogP contribution in [0.3, 0.4) is 0 Å². The molecule has 0 N–H and O–H groups in total. The first-order valence-corrected chi connectivity index (χ1v) is 9.50. The van der Waals surface area contributed by atoms with Gasteiger partial charge in [0, 0.05) is 44.8 Å². The van der Waals surface area contributed by atoms with Gasteiger partial charge in [-0.25, -0.2) is 0 Å². The molecule has 1 unspecified atom stereocenters. The van der Waals surface area contributed by atoms with Crippen LogP contribution in [0.1, 0.15) is 30.1 Å². The van der Waals surface area contributed by atoms with E-state index in [1.807, 2.05) is 21.9 Å². The molecule has 6 heteroatoms. The Morgan fingerprint density at radius 3 is 2.35 bits per heavy atom. The molecule has 1 aromatic rings. The van der Waals surface area contributed by atoms with E-state index < -0.39 is 0 Å². The second-order valence-electron chi connectivity index (χ2n) is 7.38. The quantitative estimate of drug-likeness (QED) is 0.821. The fraction of sp³-hybridized carbons (Fsp3) is 0.600. The Kier molecular flexibility index (Phi) is 6.14. The van der Waals surface area contributed by atoms with Crippen molar-refractivity contribution >= 4 is 11.8 Å². The molecule has 1 aromatic carbocycles. The molecule has 2 aliphatic heterocycles. The number of hydrogen-bond donors (Lipinski definition) is 0. The van der Waals surface area contributed by atoms with Crippen LogP contribution in [0.2, 0.25) is 0 Å². The molecule has 6 nitrogen and oxygen atoms in total.